The molecule has 0 aromatic carbocycles. The lowest BCUT2D eigenvalue weighted by molar-refractivity contribution is 0.451. The summed E-state index contributed by atoms with van der Waals surface area (Å²) >= 11 is 6.04. The van der Waals surface area contributed by atoms with Crippen molar-refractivity contribution in [2.24, 2.45) is 5.92 Å². The van der Waals surface area contributed by atoms with E-state index in [4.69, 9.17) is 11.6 Å². The summed E-state index contributed by atoms with van der Waals surface area (Å²) in [5.74, 6) is -0.0138. The third-order valence-electron chi connectivity index (χ3n) is 5.04. The molecule has 0 aliphatic carbocycles. The van der Waals surface area contributed by atoms with Gasteiger partial charge in [0, 0.05) is 36.4 Å². The second-order valence-corrected chi connectivity index (χ2v) is 9.55. The molecule has 4 rings (SSSR count). The molecule has 0 bridgehead atoms. The van der Waals surface area contributed by atoms with Gasteiger partial charge in [-0.1, -0.05) is 11.6 Å². The molecule has 28 heavy (non-hydrogen) atoms. The molecule has 0 radical (unpaired) electrons. The Morgan fingerprint density at radius 2 is 2.18 bits per heavy atom. The maximum Gasteiger partial charge on any atom is 0.213 e. The molecule has 1 saturated heterocycles. The molecule has 0 spiro atoms. The fourth-order valence-corrected chi connectivity index (χ4v) is 4.86. The van der Waals surface area contributed by atoms with Crippen LogP contribution in [0.1, 0.15) is 19.0 Å². The van der Waals surface area contributed by atoms with E-state index in [1.165, 1.54) is 10.5 Å². The standard InChI is InChI=1S/C18H19ClFN5O2S/c1-2-28(26,27)25-4-3-11(10-25)5-16-15(20)9-23-18(24-16)14-8-22-17-13(14)6-12(19)7-21-17/h6-9,11H,2-5,10H2,1H3,(H,21,22)/t11-/m1/s1. The van der Waals surface area contributed by atoms with Crippen LogP contribution in [0.25, 0.3) is 22.4 Å². The minimum Gasteiger partial charge on any atom is -0.345 e. The molecule has 1 aliphatic rings. The van der Waals surface area contributed by atoms with Crippen LogP contribution >= 0.6 is 11.6 Å². The summed E-state index contributed by atoms with van der Waals surface area (Å²) in [6.07, 6.45) is 5.46. The van der Waals surface area contributed by atoms with Crippen molar-refractivity contribution in [2.75, 3.05) is 18.8 Å². The zero-order chi connectivity index (χ0) is 19.9. The first-order chi connectivity index (χ1) is 13.4. The van der Waals surface area contributed by atoms with E-state index in [1.54, 1.807) is 19.2 Å². The van der Waals surface area contributed by atoms with Gasteiger partial charge in [0.15, 0.2) is 11.6 Å². The van der Waals surface area contributed by atoms with E-state index in [0.717, 1.165) is 11.6 Å². The van der Waals surface area contributed by atoms with Crippen molar-refractivity contribution < 1.29 is 12.8 Å². The third-order valence-corrected chi connectivity index (χ3v) is 7.10. The van der Waals surface area contributed by atoms with Gasteiger partial charge in [0.1, 0.15) is 5.65 Å². The zero-order valence-electron chi connectivity index (χ0n) is 15.2. The zero-order valence-corrected chi connectivity index (χ0v) is 16.8. The monoisotopic (exact) mass is 423 g/mol. The molecule has 1 atom stereocenters. The summed E-state index contributed by atoms with van der Waals surface area (Å²) < 4.78 is 39.9. The molecule has 3 aromatic heterocycles. The largest absolute Gasteiger partial charge is 0.345 e. The molecule has 10 heteroatoms. The number of fused-ring (bicyclic) bond motifs is 1. The molecular formula is C18H19ClFN5O2S. The number of pyridine rings is 1. The van der Waals surface area contributed by atoms with Crippen LogP contribution < -0.4 is 0 Å². The molecule has 7 nitrogen and oxygen atoms in total. The highest BCUT2D eigenvalue weighted by Gasteiger charge is 2.31. The van der Waals surface area contributed by atoms with Crippen molar-refractivity contribution >= 4 is 32.7 Å². The number of hydrogen-bond acceptors (Lipinski definition) is 5. The number of aromatic amines is 1. The van der Waals surface area contributed by atoms with Crippen molar-refractivity contribution in [3.8, 4) is 11.4 Å². The van der Waals surface area contributed by atoms with Crippen molar-refractivity contribution in [2.45, 2.75) is 19.8 Å². The number of sulfonamides is 1. The topological polar surface area (TPSA) is 91.8 Å². The highest BCUT2D eigenvalue weighted by atomic mass is 35.5. The normalized spacial score (nSPS) is 18.2. The molecule has 0 amide bonds. The first-order valence-corrected chi connectivity index (χ1v) is 11.0. The average molecular weight is 424 g/mol. The van der Waals surface area contributed by atoms with E-state index in [0.29, 0.717) is 48.0 Å². The quantitative estimate of drug-likeness (QED) is 0.681. The van der Waals surface area contributed by atoms with Crippen LogP contribution in [-0.2, 0) is 16.4 Å². The van der Waals surface area contributed by atoms with Gasteiger partial charge in [-0.05, 0) is 31.7 Å². The minimum atomic E-state index is -3.22. The molecule has 3 aromatic rings. The summed E-state index contributed by atoms with van der Waals surface area (Å²) in [6.45, 7) is 2.48. The highest BCUT2D eigenvalue weighted by Crippen LogP contribution is 2.29. The first kappa shape index (κ1) is 19.2. The molecule has 0 saturated carbocycles. The number of hydrogen-bond donors (Lipinski definition) is 1. The second-order valence-electron chi connectivity index (χ2n) is 6.86. The van der Waals surface area contributed by atoms with Gasteiger partial charge in [0.05, 0.1) is 22.7 Å². The van der Waals surface area contributed by atoms with Crippen LogP contribution in [0.3, 0.4) is 0 Å². The fourth-order valence-electron chi connectivity index (χ4n) is 3.51. The van der Waals surface area contributed by atoms with Crippen LogP contribution in [0.4, 0.5) is 4.39 Å². The van der Waals surface area contributed by atoms with Gasteiger partial charge in [0.2, 0.25) is 10.0 Å². The molecule has 4 heterocycles. The van der Waals surface area contributed by atoms with Gasteiger partial charge >= 0.3 is 0 Å². The lowest BCUT2D eigenvalue weighted by atomic mass is 10.0. The summed E-state index contributed by atoms with van der Waals surface area (Å²) in [5.41, 5.74) is 1.62. The van der Waals surface area contributed by atoms with Crippen LogP contribution in [0.2, 0.25) is 5.02 Å². The summed E-state index contributed by atoms with van der Waals surface area (Å²) in [5, 5.41) is 1.24. The van der Waals surface area contributed by atoms with Crippen LogP contribution in [-0.4, -0.2) is 51.5 Å². The Bertz CT molecular complexity index is 1130. The highest BCUT2D eigenvalue weighted by molar-refractivity contribution is 7.89. The van der Waals surface area contributed by atoms with E-state index in [2.05, 4.69) is 19.9 Å². The van der Waals surface area contributed by atoms with Crippen LogP contribution in [0.15, 0.2) is 24.7 Å². The Hall–Kier alpha value is -2.10. The van der Waals surface area contributed by atoms with Crippen LogP contribution in [0, 0.1) is 11.7 Å². The number of rotatable bonds is 5. The van der Waals surface area contributed by atoms with E-state index < -0.39 is 15.8 Å². The predicted molar refractivity (Wildman–Crippen MR) is 105 cm³/mol. The first-order valence-electron chi connectivity index (χ1n) is 8.99. The van der Waals surface area contributed by atoms with Crippen molar-refractivity contribution in [1.82, 2.24) is 24.2 Å². The van der Waals surface area contributed by atoms with Crippen molar-refractivity contribution in [3.05, 3.63) is 41.2 Å². The Balaban J connectivity index is 1.60. The van der Waals surface area contributed by atoms with E-state index in [1.807, 2.05) is 0 Å². The smallest absolute Gasteiger partial charge is 0.213 e. The summed E-state index contributed by atoms with van der Waals surface area (Å²) in [6, 6.07) is 1.76. The van der Waals surface area contributed by atoms with Crippen molar-refractivity contribution in [3.63, 3.8) is 0 Å². The lowest BCUT2D eigenvalue weighted by Crippen LogP contribution is -2.30. The van der Waals surface area contributed by atoms with Crippen molar-refractivity contribution in [1.29, 1.82) is 0 Å². The molecular weight excluding hydrogens is 405 g/mol. The Morgan fingerprint density at radius 1 is 1.36 bits per heavy atom. The molecule has 1 aliphatic heterocycles. The Morgan fingerprint density at radius 3 is 2.96 bits per heavy atom. The van der Waals surface area contributed by atoms with E-state index in [9.17, 15) is 12.8 Å². The van der Waals surface area contributed by atoms with E-state index >= 15 is 0 Å². The van der Waals surface area contributed by atoms with Crippen LogP contribution in [0.5, 0.6) is 0 Å². The van der Waals surface area contributed by atoms with E-state index in [-0.39, 0.29) is 17.4 Å². The van der Waals surface area contributed by atoms with Gasteiger partial charge in [0.25, 0.3) is 0 Å². The summed E-state index contributed by atoms with van der Waals surface area (Å²) in [4.78, 5) is 15.8. The predicted octanol–water partition coefficient (Wildman–Crippen LogP) is 3.03. The number of halogens is 2. The van der Waals surface area contributed by atoms with Gasteiger partial charge in [-0.2, -0.15) is 0 Å². The Labute approximate surface area is 167 Å². The number of nitrogens with zero attached hydrogens (tertiary/aromatic N) is 4. The number of H-pyrrole nitrogens is 1. The Kier molecular flexibility index (Phi) is 5.07. The molecule has 0 unspecified atom stereocenters. The van der Waals surface area contributed by atoms with Gasteiger partial charge < -0.3 is 4.98 Å². The van der Waals surface area contributed by atoms with Gasteiger partial charge in [-0.25, -0.2) is 32.1 Å². The second kappa shape index (κ2) is 7.38. The van der Waals surface area contributed by atoms with Gasteiger partial charge in [-0.15, -0.1) is 0 Å². The average Bonchev–Trinajstić information content (AvgIpc) is 3.31. The maximum atomic E-state index is 14.3. The maximum absolute atomic E-state index is 14.3. The SMILES string of the molecule is CCS(=O)(=O)N1CC[C@H](Cc2nc(-c3c[nH]c4ncc(Cl)cc34)ncc2F)C1. The molecule has 148 valence electrons. The molecule has 1 N–H and O–H groups in total. The third kappa shape index (κ3) is 3.61. The molecule has 1 fully saturated rings. The number of nitrogens with one attached hydrogen (secondary N) is 1. The lowest BCUT2D eigenvalue weighted by Gasteiger charge is -2.15. The fraction of sp³-hybridized carbons (Fsp3) is 0.389. The minimum absolute atomic E-state index is 0.0256. The van der Waals surface area contributed by atoms with Gasteiger partial charge in [-0.3, -0.25) is 0 Å². The number of aromatic nitrogens is 4. The summed E-state index contributed by atoms with van der Waals surface area (Å²) in [7, 11) is -3.22.